The molecule has 1 aliphatic heterocycles. The van der Waals surface area contributed by atoms with Gasteiger partial charge in [0.25, 0.3) is 0 Å². The summed E-state index contributed by atoms with van der Waals surface area (Å²) in [6.45, 7) is 13.5. The van der Waals surface area contributed by atoms with E-state index in [2.05, 4.69) is 28.5 Å². The molecule has 0 bridgehead atoms. The molecule has 1 aliphatic rings. The van der Waals surface area contributed by atoms with Crippen molar-refractivity contribution >= 4 is 7.60 Å². The minimum Gasteiger partial charge on any atom is -0.389 e. The van der Waals surface area contributed by atoms with E-state index in [0.29, 0.717) is 32.8 Å². The Balaban J connectivity index is 1.94. The van der Waals surface area contributed by atoms with Gasteiger partial charge in [-0.05, 0) is 18.7 Å². The van der Waals surface area contributed by atoms with Crippen molar-refractivity contribution in [3.8, 4) is 0 Å². The molecule has 1 aromatic rings. The molecule has 0 radical (unpaired) electrons. The molecule has 10 heteroatoms. The maximum Gasteiger partial charge on any atom is 0.339 e. The molecule has 33 heavy (non-hydrogen) atoms. The molecule has 1 heterocycles. The van der Waals surface area contributed by atoms with Gasteiger partial charge in [0.15, 0.2) is 0 Å². The molecule has 0 spiro atoms. The predicted octanol–water partition coefficient (Wildman–Crippen LogP) is 0.961. The fraction of sp³-hybridized carbons (Fsp3) is 0.739. The fourth-order valence-electron chi connectivity index (χ4n) is 4.03. The number of nitrogens with zero attached hydrogens (tertiary/aromatic N) is 4. The Morgan fingerprint density at radius 3 is 1.82 bits per heavy atom. The van der Waals surface area contributed by atoms with Gasteiger partial charge in [-0.15, -0.1) is 0 Å². The second kappa shape index (κ2) is 15.2. The maximum atomic E-state index is 11.7. The third kappa shape index (κ3) is 12.4. The predicted molar refractivity (Wildman–Crippen MR) is 131 cm³/mol. The summed E-state index contributed by atoms with van der Waals surface area (Å²) in [5.74, 6) is 0. The quantitative estimate of drug-likeness (QED) is 0.418. The molecule has 1 fully saturated rings. The number of benzene rings is 1. The Hall–Kier alpha value is -0.870. The van der Waals surface area contributed by atoms with Gasteiger partial charge in [-0.1, -0.05) is 44.2 Å². The Kier molecular flexibility index (Phi) is 13.1. The van der Waals surface area contributed by atoms with E-state index in [1.165, 1.54) is 0 Å². The summed E-state index contributed by atoms with van der Waals surface area (Å²) < 4.78 is 17.4. The number of ether oxygens (including phenoxy) is 1. The third-order valence-electron chi connectivity index (χ3n) is 6.10. The van der Waals surface area contributed by atoms with Crippen molar-refractivity contribution in [1.29, 1.82) is 0 Å². The van der Waals surface area contributed by atoms with Crippen molar-refractivity contribution in [1.82, 2.24) is 19.6 Å². The molecule has 0 saturated carbocycles. The standard InChI is InChI=1S/C23H43N4O5P/c1-3-24-10-11-25(4-2)13-16-27(21-33(29,30)31)17-15-26(14-12-24)18-23(28)20-32-19-22-8-6-5-7-9-22/h5-9,23,28H,3-4,10-21H2,1-2H3,(H2,29,30,31). The van der Waals surface area contributed by atoms with E-state index in [0.717, 1.165) is 51.4 Å². The highest BCUT2D eigenvalue weighted by Crippen LogP contribution is 2.34. The first-order valence-corrected chi connectivity index (χ1v) is 13.8. The summed E-state index contributed by atoms with van der Waals surface area (Å²) in [4.78, 5) is 27.9. The molecule has 0 aromatic heterocycles. The lowest BCUT2D eigenvalue weighted by atomic mass is 10.2. The van der Waals surface area contributed by atoms with Crippen LogP contribution in [0.5, 0.6) is 0 Å². The van der Waals surface area contributed by atoms with Crippen molar-refractivity contribution in [3.63, 3.8) is 0 Å². The molecule has 9 nitrogen and oxygen atoms in total. The van der Waals surface area contributed by atoms with Gasteiger partial charge in [0, 0.05) is 58.9 Å². The SMILES string of the molecule is CCN1CCN(CC)CCN(CP(=O)(O)O)CCN(CC(O)COCc2ccccc2)CC1. The van der Waals surface area contributed by atoms with Crippen LogP contribution in [0.3, 0.4) is 0 Å². The van der Waals surface area contributed by atoms with Crippen LogP contribution in [0.25, 0.3) is 0 Å². The normalized spacial score (nSPS) is 20.3. The topological polar surface area (TPSA) is 100.0 Å². The molecule has 1 aromatic carbocycles. The zero-order chi connectivity index (χ0) is 24.1. The van der Waals surface area contributed by atoms with E-state index in [4.69, 9.17) is 4.74 Å². The van der Waals surface area contributed by atoms with Gasteiger partial charge in [-0.25, -0.2) is 0 Å². The van der Waals surface area contributed by atoms with Crippen LogP contribution in [0.4, 0.5) is 0 Å². The van der Waals surface area contributed by atoms with E-state index in [-0.39, 0.29) is 12.9 Å². The summed E-state index contributed by atoms with van der Waals surface area (Å²) in [6.07, 6.45) is -0.857. The second-order valence-electron chi connectivity index (χ2n) is 8.75. The molecule has 190 valence electrons. The van der Waals surface area contributed by atoms with E-state index in [1.54, 1.807) is 0 Å². The molecule has 2 rings (SSSR count). The number of rotatable bonds is 10. The van der Waals surface area contributed by atoms with Crippen molar-refractivity contribution in [3.05, 3.63) is 35.9 Å². The van der Waals surface area contributed by atoms with Crippen molar-refractivity contribution in [2.24, 2.45) is 0 Å². The summed E-state index contributed by atoms with van der Waals surface area (Å²) in [6, 6.07) is 9.89. The first-order valence-electron chi connectivity index (χ1n) is 12.0. The average molecular weight is 487 g/mol. The van der Waals surface area contributed by atoms with Crippen molar-refractivity contribution in [2.75, 3.05) is 84.9 Å². The largest absolute Gasteiger partial charge is 0.389 e. The van der Waals surface area contributed by atoms with Gasteiger partial charge >= 0.3 is 7.60 Å². The van der Waals surface area contributed by atoms with Crippen LogP contribution in [0, 0.1) is 0 Å². The van der Waals surface area contributed by atoms with Crippen LogP contribution in [0.15, 0.2) is 30.3 Å². The maximum absolute atomic E-state index is 11.7. The van der Waals surface area contributed by atoms with Gasteiger partial charge in [0.2, 0.25) is 0 Å². The zero-order valence-corrected chi connectivity index (χ0v) is 21.2. The van der Waals surface area contributed by atoms with Crippen LogP contribution in [0.1, 0.15) is 19.4 Å². The molecular formula is C23H43N4O5P. The summed E-state index contributed by atoms with van der Waals surface area (Å²) >= 11 is 0. The lowest BCUT2D eigenvalue weighted by Crippen LogP contribution is -2.47. The lowest BCUT2D eigenvalue weighted by Gasteiger charge is -2.34. The average Bonchev–Trinajstić information content (AvgIpc) is 2.77. The number of β-amino-alcohol motifs (C(OH)–C–C–N with tert-alkyl or cyclic N) is 1. The van der Waals surface area contributed by atoms with E-state index in [9.17, 15) is 19.5 Å². The molecular weight excluding hydrogens is 443 g/mol. The second-order valence-corrected chi connectivity index (χ2v) is 10.4. The lowest BCUT2D eigenvalue weighted by molar-refractivity contribution is 0.00673. The zero-order valence-electron chi connectivity index (χ0n) is 20.3. The number of aliphatic hydroxyl groups is 1. The monoisotopic (exact) mass is 486 g/mol. The van der Waals surface area contributed by atoms with E-state index >= 15 is 0 Å². The highest BCUT2D eigenvalue weighted by Gasteiger charge is 2.22. The Morgan fingerprint density at radius 2 is 1.33 bits per heavy atom. The number of aliphatic hydroxyl groups excluding tert-OH is 1. The van der Waals surface area contributed by atoms with Gasteiger partial charge in [0.05, 0.1) is 19.3 Å². The number of hydrogen-bond acceptors (Lipinski definition) is 7. The smallest absolute Gasteiger partial charge is 0.339 e. The number of hydrogen-bond donors (Lipinski definition) is 3. The summed E-state index contributed by atoms with van der Waals surface area (Å²) in [5, 5.41) is 10.6. The van der Waals surface area contributed by atoms with E-state index < -0.39 is 13.7 Å². The van der Waals surface area contributed by atoms with Crippen molar-refractivity contribution < 1.29 is 24.2 Å². The van der Waals surface area contributed by atoms with Crippen LogP contribution in [-0.4, -0.2) is 125 Å². The van der Waals surface area contributed by atoms with Gasteiger partial charge in [0.1, 0.15) is 6.29 Å². The summed E-state index contributed by atoms with van der Waals surface area (Å²) in [5.41, 5.74) is 1.07. The molecule has 0 aliphatic carbocycles. The van der Waals surface area contributed by atoms with Crippen LogP contribution < -0.4 is 0 Å². The molecule has 1 atom stereocenters. The Bertz CT molecular complexity index is 693. The first-order chi connectivity index (χ1) is 15.8. The van der Waals surface area contributed by atoms with Crippen LogP contribution in [-0.2, 0) is 15.9 Å². The number of likely N-dealkylation sites (N-methyl/N-ethyl adjacent to an activating group) is 2. The van der Waals surface area contributed by atoms with Gasteiger partial charge in [-0.3, -0.25) is 14.4 Å². The first kappa shape index (κ1) is 28.4. The molecule has 3 N–H and O–H groups in total. The van der Waals surface area contributed by atoms with Gasteiger partial charge < -0.3 is 29.4 Å². The van der Waals surface area contributed by atoms with Crippen LogP contribution in [0.2, 0.25) is 0 Å². The van der Waals surface area contributed by atoms with Crippen molar-refractivity contribution in [2.45, 2.75) is 26.6 Å². The highest BCUT2D eigenvalue weighted by atomic mass is 31.2. The summed E-state index contributed by atoms with van der Waals surface area (Å²) in [7, 11) is -4.14. The van der Waals surface area contributed by atoms with Gasteiger partial charge in [-0.2, -0.15) is 0 Å². The third-order valence-corrected chi connectivity index (χ3v) is 6.87. The Labute approximate surface area is 199 Å². The Morgan fingerprint density at radius 1 is 0.848 bits per heavy atom. The molecule has 0 amide bonds. The fourth-order valence-corrected chi connectivity index (χ4v) is 4.84. The molecule has 1 unspecified atom stereocenters. The minimum absolute atomic E-state index is 0.234. The van der Waals surface area contributed by atoms with Crippen LogP contribution >= 0.6 is 7.60 Å². The van der Waals surface area contributed by atoms with E-state index in [1.807, 2.05) is 35.2 Å². The minimum atomic E-state index is -4.14. The molecule has 1 saturated heterocycles. The highest BCUT2D eigenvalue weighted by molar-refractivity contribution is 7.51.